The maximum Gasteiger partial charge on any atom is 0.460 e. The van der Waals surface area contributed by atoms with E-state index in [0.29, 0.717) is 10.9 Å². The van der Waals surface area contributed by atoms with E-state index in [1.54, 1.807) is 13.8 Å². The lowest BCUT2D eigenvalue weighted by atomic mass is 9.91. The molecule has 0 spiro atoms. The fourth-order valence-electron chi connectivity index (χ4n) is 4.37. The second kappa shape index (κ2) is 10.9. The van der Waals surface area contributed by atoms with Crippen LogP contribution in [0.5, 0.6) is 0 Å². The molecule has 0 N–H and O–H groups in total. The molecule has 1 saturated heterocycles. The summed E-state index contributed by atoms with van der Waals surface area (Å²) in [7, 11) is -11.4. The van der Waals surface area contributed by atoms with Crippen LogP contribution in [0, 0.1) is 0 Å². The van der Waals surface area contributed by atoms with Crippen LogP contribution in [0.25, 0.3) is 10.8 Å². The molecule has 22 heteroatoms. The van der Waals surface area contributed by atoms with Crippen molar-refractivity contribution in [1.82, 2.24) is 0 Å². The second-order valence-corrected chi connectivity index (χ2v) is 15.3. The predicted octanol–water partition coefficient (Wildman–Crippen LogP) is 9.76. The van der Waals surface area contributed by atoms with Gasteiger partial charge in [-0.2, -0.15) is 83.1 Å². The summed E-state index contributed by atoms with van der Waals surface area (Å²) in [5.74, 6) is -53.3. The standard InChI is InChI=1S/C24H19F17O3S2/c1-12(2)13-8-9-16(15-7-4-3-6-14(13)15)45(10-5-11-45)44-46(42,43)24(40,41)22(35,36)20(31,32)18(27,28)17(25,26)19(29,30)21(33,34)23(37,38)39/h3-4,6-9,12H,5,10-11H2,1-2H3. The van der Waals surface area contributed by atoms with Crippen LogP contribution in [-0.4, -0.2) is 66.9 Å². The number of fused-ring (bicyclic) bond motifs is 1. The minimum Gasteiger partial charge on any atom is -0.211 e. The van der Waals surface area contributed by atoms with Gasteiger partial charge in [0.2, 0.25) is 0 Å². The Morgan fingerprint density at radius 3 is 1.41 bits per heavy atom. The van der Waals surface area contributed by atoms with Crippen molar-refractivity contribution < 1.29 is 86.7 Å². The molecule has 264 valence electrons. The monoisotopic (exact) mass is 742 g/mol. The molecule has 0 radical (unpaired) electrons. The molecule has 0 unspecified atom stereocenters. The molecule has 0 bridgehead atoms. The normalized spacial score (nSPS) is 18.5. The molecule has 1 aliphatic heterocycles. The van der Waals surface area contributed by atoms with Crippen LogP contribution < -0.4 is 0 Å². The Kier molecular flexibility index (Phi) is 9.05. The quantitative estimate of drug-likeness (QED) is 0.216. The Morgan fingerprint density at radius 1 is 0.609 bits per heavy atom. The van der Waals surface area contributed by atoms with Crippen molar-refractivity contribution in [3.8, 4) is 0 Å². The molecular weight excluding hydrogens is 723 g/mol. The highest BCUT2D eigenvalue weighted by Crippen LogP contribution is 2.69. The van der Waals surface area contributed by atoms with Gasteiger partial charge in [0.15, 0.2) is 0 Å². The molecule has 46 heavy (non-hydrogen) atoms. The molecule has 1 heterocycles. The van der Waals surface area contributed by atoms with Crippen molar-refractivity contribution in [2.75, 3.05) is 11.5 Å². The topological polar surface area (TPSA) is 43.4 Å². The highest BCUT2D eigenvalue weighted by atomic mass is 32.3. The van der Waals surface area contributed by atoms with E-state index >= 15 is 0 Å². The van der Waals surface area contributed by atoms with Crippen molar-refractivity contribution in [2.24, 2.45) is 0 Å². The van der Waals surface area contributed by atoms with Gasteiger partial charge in [-0.25, -0.2) is 3.63 Å². The van der Waals surface area contributed by atoms with Gasteiger partial charge in [-0.05, 0) is 34.7 Å². The van der Waals surface area contributed by atoms with E-state index in [9.17, 15) is 83.1 Å². The van der Waals surface area contributed by atoms with Gasteiger partial charge in [-0.15, -0.1) is 0 Å². The van der Waals surface area contributed by atoms with Crippen molar-refractivity contribution in [3.05, 3.63) is 42.0 Å². The average Bonchev–Trinajstić information content (AvgIpc) is 2.88. The summed E-state index contributed by atoms with van der Waals surface area (Å²) in [4.78, 5) is -0.237. The fraction of sp³-hybridized carbons (Fsp3) is 0.583. The largest absolute Gasteiger partial charge is 0.460 e. The van der Waals surface area contributed by atoms with Gasteiger partial charge < -0.3 is 0 Å². The van der Waals surface area contributed by atoms with Gasteiger partial charge in [-0.1, -0.05) is 54.5 Å². The number of halogens is 17. The number of hydrogen-bond acceptors (Lipinski definition) is 3. The number of hydrogen-bond donors (Lipinski definition) is 0. The second-order valence-electron chi connectivity index (χ2n) is 10.4. The summed E-state index contributed by atoms with van der Waals surface area (Å²) >= 11 is 0. The molecule has 1 fully saturated rings. The van der Waals surface area contributed by atoms with E-state index in [0.717, 1.165) is 6.07 Å². The molecule has 3 rings (SSSR count). The van der Waals surface area contributed by atoms with Crippen molar-refractivity contribution >= 4 is 31.2 Å². The van der Waals surface area contributed by atoms with Gasteiger partial charge in [0.1, 0.15) is 0 Å². The van der Waals surface area contributed by atoms with Crippen LogP contribution in [-0.2, 0) is 13.7 Å². The first kappa shape index (κ1) is 38.2. The lowest BCUT2D eigenvalue weighted by molar-refractivity contribution is -0.458. The third-order valence-corrected chi connectivity index (χ3v) is 12.8. The Bertz CT molecular complexity index is 1580. The zero-order chi connectivity index (χ0) is 36.0. The van der Waals surface area contributed by atoms with Crippen LogP contribution >= 0.6 is 10.3 Å². The highest BCUT2D eigenvalue weighted by molar-refractivity contribution is 8.34. The summed E-state index contributed by atoms with van der Waals surface area (Å²) in [6, 6.07) is 8.10. The average molecular weight is 743 g/mol. The van der Waals surface area contributed by atoms with Gasteiger partial charge in [-0.3, -0.25) is 0 Å². The summed E-state index contributed by atoms with van der Waals surface area (Å²) in [5, 5.41) is -7.26. The molecule has 3 nitrogen and oxygen atoms in total. The summed E-state index contributed by atoms with van der Waals surface area (Å²) in [6.45, 7) is 3.41. The first-order valence-corrected chi connectivity index (χ1v) is 15.6. The van der Waals surface area contributed by atoms with E-state index in [4.69, 9.17) is 0 Å². The van der Waals surface area contributed by atoms with Crippen LogP contribution in [0.3, 0.4) is 0 Å². The van der Waals surface area contributed by atoms with E-state index in [2.05, 4.69) is 3.63 Å². The lowest BCUT2D eigenvalue weighted by Crippen LogP contribution is -2.75. The number of benzene rings is 2. The van der Waals surface area contributed by atoms with E-state index in [1.807, 2.05) is 0 Å². The zero-order valence-electron chi connectivity index (χ0n) is 22.6. The van der Waals surface area contributed by atoms with Crippen molar-refractivity contribution in [3.63, 3.8) is 0 Å². The number of rotatable bonds is 11. The van der Waals surface area contributed by atoms with Crippen LogP contribution in [0.4, 0.5) is 74.6 Å². The highest BCUT2D eigenvalue weighted by Gasteiger charge is 2.96. The third-order valence-electron chi connectivity index (χ3n) is 7.12. The van der Waals surface area contributed by atoms with E-state index < -0.39 is 78.9 Å². The Hall–Kier alpha value is -2.23. The minimum atomic E-state index is -8.90. The molecule has 0 atom stereocenters. The molecule has 2 aromatic rings. The van der Waals surface area contributed by atoms with E-state index in [1.165, 1.54) is 30.3 Å². The molecule has 0 saturated carbocycles. The summed E-state index contributed by atoms with van der Waals surface area (Å²) in [5.41, 5.74) is 0.587. The molecule has 0 aliphatic carbocycles. The molecule has 1 aliphatic rings. The van der Waals surface area contributed by atoms with Gasteiger partial charge in [0.25, 0.3) is 0 Å². The maximum atomic E-state index is 14.8. The van der Waals surface area contributed by atoms with Crippen LogP contribution in [0.1, 0.15) is 31.7 Å². The molecule has 0 aromatic heterocycles. The Balaban J connectivity index is 2.13. The first-order chi connectivity index (χ1) is 20.3. The maximum absolute atomic E-state index is 14.8. The van der Waals surface area contributed by atoms with Gasteiger partial charge >= 0.3 is 57.1 Å². The van der Waals surface area contributed by atoms with Gasteiger partial charge in [0.05, 0.1) is 0 Å². The summed E-state index contributed by atoms with van der Waals surface area (Å²) < 4.78 is 262. The summed E-state index contributed by atoms with van der Waals surface area (Å²) in [6.07, 6.45) is -7.96. The predicted molar refractivity (Wildman–Crippen MR) is 129 cm³/mol. The van der Waals surface area contributed by atoms with Crippen molar-refractivity contribution in [2.45, 2.75) is 78.0 Å². The first-order valence-electron chi connectivity index (χ1n) is 12.3. The smallest absolute Gasteiger partial charge is 0.211 e. The van der Waals surface area contributed by atoms with Crippen LogP contribution in [0.2, 0.25) is 0 Å². The van der Waals surface area contributed by atoms with E-state index in [-0.39, 0.29) is 22.6 Å². The minimum absolute atomic E-state index is 0.0595. The Morgan fingerprint density at radius 2 is 1.02 bits per heavy atom. The zero-order valence-corrected chi connectivity index (χ0v) is 24.3. The molecule has 2 aromatic carbocycles. The molecule has 0 amide bonds. The van der Waals surface area contributed by atoms with Crippen molar-refractivity contribution in [1.29, 1.82) is 0 Å². The van der Waals surface area contributed by atoms with Crippen LogP contribution in [0.15, 0.2) is 41.3 Å². The fourth-order valence-corrected chi connectivity index (χ4v) is 9.52. The Labute approximate surface area is 249 Å². The SMILES string of the molecule is CC(C)c1ccc(S2(OS(=O)(=O)C(F)(F)C(F)(F)C(F)(F)C(F)(F)C(F)(F)C(F)(F)C(F)(F)C(F)(F)F)CCC2)c2ccccc12. The van der Waals surface area contributed by atoms with Gasteiger partial charge in [0, 0.05) is 16.4 Å². The number of alkyl halides is 17. The molecular formula is C24H19F17O3S2. The third kappa shape index (κ3) is 5.01. The lowest BCUT2D eigenvalue weighted by Gasteiger charge is -2.48.